The summed E-state index contributed by atoms with van der Waals surface area (Å²) in [6.45, 7) is 0. The number of ether oxygens (including phenoxy) is 2. The lowest BCUT2D eigenvalue weighted by Crippen LogP contribution is -2.28. The summed E-state index contributed by atoms with van der Waals surface area (Å²) in [6, 6.07) is 18.5. The maximum absolute atomic E-state index is 12.6. The van der Waals surface area contributed by atoms with E-state index in [4.69, 9.17) is 27.4 Å². The molecule has 2 aromatic carbocycles. The number of nitriles is 1. The molecule has 0 saturated heterocycles. The Hall–Kier alpha value is -3.83. The maximum atomic E-state index is 12.6. The van der Waals surface area contributed by atoms with Gasteiger partial charge in [-0.1, -0.05) is 30.3 Å². The Morgan fingerprint density at radius 1 is 1.11 bits per heavy atom. The van der Waals surface area contributed by atoms with Crippen molar-refractivity contribution in [1.29, 1.82) is 5.26 Å². The number of H-pyrrole nitrogens is 2. The zero-order valence-corrected chi connectivity index (χ0v) is 15.2. The van der Waals surface area contributed by atoms with Crippen molar-refractivity contribution in [2.75, 3.05) is 0 Å². The Morgan fingerprint density at radius 3 is 2.61 bits per heavy atom. The minimum absolute atomic E-state index is 0.0781. The molecule has 1 aliphatic heterocycles. The molecule has 8 heteroatoms. The lowest BCUT2D eigenvalue weighted by molar-refractivity contribution is 0.374. The van der Waals surface area contributed by atoms with Gasteiger partial charge in [-0.3, -0.25) is 9.78 Å². The molecule has 0 saturated carbocycles. The van der Waals surface area contributed by atoms with E-state index in [0.29, 0.717) is 17.1 Å². The maximum Gasteiger partial charge on any atom is 0.259 e. The predicted octanol–water partition coefficient (Wildman–Crippen LogP) is 3.44. The van der Waals surface area contributed by atoms with Crippen molar-refractivity contribution in [3.63, 3.8) is 0 Å². The van der Waals surface area contributed by atoms with Gasteiger partial charge in [-0.2, -0.15) is 5.26 Å². The van der Waals surface area contributed by atoms with E-state index in [9.17, 15) is 10.1 Å². The molecule has 0 aliphatic carbocycles. The number of aromatic nitrogens is 2. The second-order valence-corrected chi connectivity index (χ2v) is 6.47. The molecule has 0 amide bonds. The highest BCUT2D eigenvalue weighted by atomic mass is 32.1. The highest BCUT2D eigenvalue weighted by Crippen LogP contribution is 2.40. The molecule has 0 bridgehead atoms. The van der Waals surface area contributed by atoms with E-state index in [2.05, 4.69) is 16.0 Å². The molecule has 138 valence electrons. The van der Waals surface area contributed by atoms with Crippen LogP contribution in [0.3, 0.4) is 0 Å². The summed E-state index contributed by atoms with van der Waals surface area (Å²) in [7, 11) is 0. The first kappa shape index (κ1) is 17.6. The molecule has 2 heterocycles. The van der Waals surface area contributed by atoms with Gasteiger partial charge in [0, 0.05) is 0 Å². The Bertz CT molecular complexity index is 1240. The Kier molecular flexibility index (Phi) is 4.43. The van der Waals surface area contributed by atoms with Gasteiger partial charge in [0.15, 0.2) is 4.77 Å². The molecule has 4 rings (SSSR count). The van der Waals surface area contributed by atoms with Crippen molar-refractivity contribution in [2.24, 2.45) is 5.73 Å². The summed E-state index contributed by atoms with van der Waals surface area (Å²) in [5.41, 5.74) is 6.52. The highest BCUT2D eigenvalue weighted by molar-refractivity contribution is 7.71. The van der Waals surface area contributed by atoms with E-state index in [-0.39, 0.29) is 27.7 Å². The summed E-state index contributed by atoms with van der Waals surface area (Å²) in [5, 5.41) is 9.63. The second kappa shape index (κ2) is 7.06. The number of aromatic amines is 2. The summed E-state index contributed by atoms with van der Waals surface area (Å²) in [5.74, 6) is 0.566. The van der Waals surface area contributed by atoms with Crippen LogP contribution in [-0.4, -0.2) is 9.97 Å². The normalized spacial score (nSPS) is 15.3. The van der Waals surface area contributed by atoms with Crippen molar-refractivity contribution in [1.82, 2.24) is 9.97 Å². The number of para-hydroxylation sites is 1. The van der Waals surface area contributed by atoms with E-state index < -0.39 is 11.5 Å². The summed E-state index contributed by atoms with van der Waals surface area (Å²) in [6.07, 6.45) is 0. The first-order valence-electron chi connectivity index (χ1n) is 8.34. The van der Waals surface area contributed by atoms with E-state index in [1.165, 1.54) is 0 Å². The molecule has 1 aliphatic rings. The third-order valence-corrected chi connectivity index (χ3v) is 4.49. The molecule has 0 radical (unpaired) electrons. The van der Waals surface area contributed by atoms with Crippen LogP contribution in [-0.2, 0) is 0 Å². The average molecular weight is 390 g/mol. The van der Waals surface area contributed by atoms with Gasteiger partial charge in [-0.15, -0.1) is 0 Å². The van der Waals surface area contributed by atoms with Crippen LogP contribution in [0.4, 0.5) is 0 Å². The van der Waals surface area contributed by atoms with Gasteiger partial charge in [0.25, 0.3) is 5.56 Å². The number of nitrogens with zero attached hydrogens (tertiary/aromatic N) is 1. The third kappa shape index (κ3) is 3.15. The smallest absolute Gasteiger partial charge is 0.259 e. The number of allylic oxidation sites excluding steroid dienone is 1. The molecular formula is C20H14N4O3S. The number of rotatable bonds is 3. The van der Waals surface area contributed by atoms with E-state index in [0.717, 1.165) is 0 Å². The Morgan fingerprint density at radius 2 is 1.86 bits per heavy atom. The molecule has 3 aromatic rings. The van der Waals surface area contributed by atoms with Crippen LogP contribution in [0.5, 0.6) is 17.4 Å². The molecule has 0 fully saturated rings. The molecule has 28 heavy (non-hydrogen) atoms. The fourth-order valence-electron chi connectivity index (χ4n) is 3.10. The largest absolute Gasteiger partial charge is 0.457 e. The second-order valence-electron chi connectivity index (χ2n) is 6.06. The molecule has 1 aromatic heterocycles. The van der Waals surface area contributed by atoms with E-state index in [1.807, 2.05) is 30.3 Å². The van der Waals surface area contributed by atoms with Crippen molar-refractivity contribution in [2.45, 2.75) is 5.92 Å². The molecular weight excluding hydrogens is 376 g/mol. The van der Waals surface area contributed by atoms with Crippen molar-refractivity contribution >= 4 is 12.2 Å². The van der Waals surface area contributed by atoms with Crippen LogP contribution in [0.2, 0.25) is 0 Å². The van der Waals surface area contributed by atoms with Crippen LogP contribution in [0.25, 0.3) is 0 Å². The molecule has 4 N–H and O–H groups in total. The van der Waals surface area contributed by atoms with Gasteiger partial charge in [0.2, 0.25) is 11.8 Å². The monoisotopic (exact) mass is 390 g/mol. The molecule has 0 unspecified atom stereocenters. The van der Waals surface area contributed by atoms with Gasteiger partial charge in [-0.05, 0) is 42.0 Å². The first-order chi connectivity index (χ1) is 13.6. The lowest BCUT2D eigenvalue weighted by Gasteiger charge is -2.25. The summed E-state index contributed by atoms with van der Waals surface area (Å²) in [4.78, 5) is 17.9. The minimum Gasteiger partial charge on any atom is -0.457 e. The van der Waals surface area contributed by atoms with Crippen molar-refractivity contribution in [3.05, 3.63) is 92.3 Å². The average Bonchev–Trinajstić information content (AvgIpc) is 2.67. The van der Waals surface area contributed by atoms with Crippen LogP contribution < -0.4 is 20.8 Å². The zero-order chi connectivity index (χ0) is 19.7. The van der Waals surface area contributed by atoms with Gasteiger partial charge < -0.3 is 20.2 Å². The summed E-state index contributed by atoms with van der Waals surface area (Å²) >= 11 is 5.00. The van der Waals surface area contributed by atoms with Crippen LogP contribution in [0.1, 0.15) is 17.0 Å². The number of nitrogens with one attached hydrogen (secondary N) is 2. The van der Waals surface area contributed by atoms with Gasteiger partial charge >= 0.3 is 0 Å². The fourth-order valence-corrected chi connectivity index (χ4v) is 3.29. The topological polar surface area (TPSA) is 117 Å². The molecule has 1 atom stereocenters. The standard InChI is InChI=1S/C20H14N4O3S/c21-10-14-15(16-18(25)23-20(28)24-19(16)27-17(14)22)11-5-4-8-13(9-11)26-12-6-2-1-3-7-12/h1-9,15H,22H2,(H2,23,24,25,28)/t15-/m0/s1. The zero-order valence-electron chi connectivity index (χ0n) is 14.4. The van der Waals surface area contributed by atoms with E-state index in [1.54, 1.807) is 24.3 Å². The number of hydrogen-bond acceptors (Lipinski definition) is 6. The first-order valence-corrected chi connectivity index (χ1v) is 8.74. The number of nitrogens with two attached hydrogens (primary N) is 1. The van der Waals surface area contributed by atoms with Gasteiger partial charge in [-0.25, -0.2) is 0 Å². The number of benzene rings is 2. The SMILES string of the molecule is N#CC1=C(N)Oc2[nH]c(=S)[nH]c(=O)c2[C@H]1c1cccc(Oc2ccccc2)c1. The van der Waals surface area contributed by atoms with Crippen LogP contribution >= 0.6 is 12.2 Å². The van der Waals surface area contributed by atoms with Gasteiger partial charge in [0.05, 0.1) is 11.5 Å². The number of hydrogen-bond donors (Lipinski definition) is 3. The molecule has 7 nitrogen and oxygen atoms in total. The predicted molar refractivity (Wildman–Crippen MR) is 105 cm³/mol. The van der Waals surface area contributed by atoms with Crippen molar-refractivity contribution in [3.8, 4) is 23.4 Å². The fraction of sp³-hybridized carbons (Fsp3) is 0.0500. The molecule has 0 spiro atoms. The Balaban J connectivity index is 1.84. The third-order valence-electron chi connectivity index (χ3n) is 4.29. The lowest BCUT2D eigenvalue weighted by atomic mass is 9.85. The van der Waals surface area contributed by atoms with Crippen LogP contribution in [0.15, 0.2) is 70.8 Å². The number of fused-ring (bicyclic) bond motifs is 1. The quantitative estimate of drug-likeness (QED) is 0.590. The summed E-state index contributed by atoms with van der Waals surface area (Å²) < 4.78 is 11.4. The Labute approximate surface area is 164 Å². The van der Waals surface area contributed by atoms with E-state index >= 15 is 0 Å². The van der Waals surface area contributed by atoms with Gasteiger partial charge in [0.1, 0.15) is 23.1 Å². The van der Waals surface area contributed by atoms with Crippen molar-refractivity contribution < 1.29 is 9.47 Å². The minimum atomic E-state index is -0.719. The highest BCUT2D eigenvalue weighted by Gasteiger charge is 2.34. The van der Waals surface area contributed by atoms with Crippen LogP contribution in [0, 0.1) is 16.1 Å².